The van der Waals surface area contributed by atoms with E-state index in [4.69, 9.17) is 27.5 Å². The Morgan fingerprint density at radius 3 is 2.51 bits per heavy atom. The molecule has 5 rings (SSSR count). The van der Waals surface area contributed by atoms with Crippen LogP contribution >= 0.6 is 11.6 Å². The van der Waals surface area contributed by atoms with Crippen molar-refractivity contribution in [1.82, 2.24) is 10.2 Å². The van der Waals surface area contributed by atoms with Crippen LogP contribution in [0.3, 0.4) is 0 Å². The van der Waals surface area contributed by atoms with Crippen LogP contribution in [0.1, 0.15) is 72.5 Å². The van der Waals surface area contributed by atoms with E-state index in [-0.39, 0.29) is 35.3 Å². The number of halogens is 2. The van der Waals surface area contributed by atoms with Gasteiger partial charge in [0.05, 0.1) is 17.6 Å². The molecule has 8 nitrogen and oxygen atoms in total. The molecule has 192 valence electrons. The standard InChI is InChI=1S/C27H28ClFN6O2/c28-20-14-19(10-11-21(20)29)23-26(37)35(27(33-23)12-2-1-3-13-27)24(16-4-5-16)17-6-8-18(9-7-17)25(36)32-15-22(30)34-31/h6-11,14,16,24,30-31H,1-5,12-13,15H2,(H,32,36). The first-order chi connectivity index (χ1) is 17.8. The van der Waals surface area contributed by atoms with Gasteiger partial charge in [-0.25, -0.2) is 9.92 Å². The molecular weight excluding hydrogens is 495 g/mol. The molecule has 2 aromatic rings. The third-order valence-electron chi connectivity index (χ3n) is 7.45. The van der Waals surface area contributed by atoms with E-state index < -0.39 is 11.5 Å². The van der Waals surface area contributed by atoms with Crippen molar-refractivity contribution in [2.75, 3.05) is 6.54 Å². The van der Waals surface area contributed by atoms with Crippen LogP contribution in [0.15, 0.2) is 52.6 Å². The molecule has 0 radical (unpaired) electrons. The van der Waals surface area contributed by atoms with Gasteiger partial charge in [-0.1, -0.05) is 30.2 Å². The SMILES string of the molecule is N=NC(=N)CNC(=O)c1ccc(C(C2CC2)N2C(=O)C(c3ccc(F)c(Cl)c3)=NC23CCCCC3)cc1. The van der Waals surface area contributed by atoms with E-state index in [0.717, 1.165) is 50.5 Å². The summed E-state index contributed by atoms with van der Waals surface area (Å²) in [6, 6.07) is 11.3. The minimum absolute atomic E-state index is 0.0386. The van der Waals surface area contributed by atoms with E-state index in [1.54, 1.807) is 18.2 Å². The van der Waals surface area contributed by atoms with Gasteiger partial charge in [0.2, 0.25) is 0 Å². The molecule has 0 bridgehead atoms. The first-order valence-corrected chi connectivity index (χ1v) is 12.9. The molecule has 0 saturated heterocycles. The molecule has 2 aliphatic carbocycles. The highest BCUT2D eigenvalue weighted by atomic mass is 35.5. The van der Waals surface area contributed by atoms with Crippen molar-refractivity contribution >= 4 is 35.0 Å². The zero-order valence-electron chi connectivity index (χ0n) is 20.3. The summed E-state index contributed by atoms with van der Waals surface area (Å²) in [7, 11) is 0. The Bertz CT molecular complexity index is 1280. The number of carbonyl (C=O) groups is 2. The third kappa shape index (κ3) is 4.92. The minimum Gasteiger partial charge on any atom is -0.345 e. The lowest BCUT2D eigenvalue weighted by atomic mass is 9.86. The van der Waals surface area contributed by atoms with Crippen LogP contribution in [-0.4, -0.2) is 40.5 Å². The van der Waals surface area contributed by atoms with Crippen molar-refractivity contribution in [1.29, 1.82) is 10.9 Å². The van der Waals surface area contributed by atoms with Crippen molar-refractivity contribution in [3.8, 4) is 0 Å². The smallest absolute Gasteiger partial charge is 0.275 e. The molecule has 2 aromatic carbocycles. The van der Waals surface area contributed by atoms with Crippen LogP contribution in [0.5, 0.6) is 0 Å². The van der Waals surface area contributed by atoms with Crippen LogP contribution in [0.25, 0.3) is 0 Å². The van der Waals surface area contributed by atoms with Crippen molar-refractivity contribution in [2.45, 2.75) is 56.7 Å². The summed E-state index contributed by atoms with van der Waals surface area (Å²) in [4.78, 5) is 33.5. The normalized spacial score (nSPS) is 19.5. The van der Waals surface area contributed by atoms with Crippen molar-refractivity contribution in [2.24, 2.45) is 16.0 Å². The second-order valence-corrected chi connectivity index (χ2v) is 10.4. The van der Waals surface area contributed by atoms with Crippen LogP contribution in [0.2, 0.25) is 5.02 Å². The lowest BCUT2D eigenvalue weighted by molar-refractivity contribution is -0.133. The average molecular weight is 523 g/mol. The van der Waals surface area contributed by atoms with Gasteiger partial charge < -0.3 is 10.2 Å². The summed E-state index contributed by atoms with van der Waals surface area (Å²) in [5.41, 5.74) is 8.41. The maximum Gasteiger partial charge on any atom is 0.275 e. The summed E-state index contributed by atoms with van der Waals surface area (Å²) in [6.45, 7) is -0.118. The molecule has 0 aromatic heterocycles. The third-order valence-corrected chi connectivity index (χ3v) is 7.74. The van der Waals surface area contributed by atoms with Crippen LogP contribution in [0, 0.1) is 22.7 Å². The molecule has 1 unspecified atom stereocenters. The van der Waals surface area contributed by atoms with E-state index >= 15 is 0 Å². The lowest BCUT2D eigenvalue weighted by Gasteiger charge is -2.44. The predicted octanol–water partition coefficient (Wildman–Crippen LogP) is 5.66. The Labute approximate surface area is 219 Å². The van der Waals surface area contributed by atoms with Gasteiger partial charge in [-0.05, 0) is 80.3 Å². The maximum absolute atomic E-state index is 14.0. The molecule has 1 heterocycles. The number of carbonyl (C=O) groups excluding carboxylic acids is 2. The molecule has 3 aliphatic rings. The van der Waals surface area contributed by atoms with Gasteiger partial charge in [-0.2, -0.15) is 0 Å². The number of hydrogen-bond donors (Lipinski definition) is 3. The fourth-order valence-corrected chi connectivity index (χ4v) is 5.66. The summed E-state index contributed by atoms with van der Waals surface area (Å²) >= 11 is 6.05. The second-order valence-electron chi connectivity index (χ2n) is 9.95. The Balaban J connectivity index is 1.47. The van der Waals surface area contributed by atoms with Crippen molar-refractivity contribution in [3.63, 3.8) is 0 Å². The summed E-state index contributed by atoms with van der Waals surface area (Å²) in [5.74, 6) is -0.995. The first-order valence-electron chi connectivity index (χ1n) is 12.5. The fourth-order valence-electron chi connectivity index (χ4n) is 5.48. The molecule has 1 spiro atoms. The molecule has 2 amide bonds. The Morgan fingerprint density at radius 2 is 1.89 bits per heavy atom. The molecule has 3 N–H and O–H groups in total. The van der Waals surface area contributed by atoms with E-state index in [2.05, 4.69) is 10.4 Å². The molecular formula is C27H28ClFN6O2. The number of amides is 2. The molecule has 1 aliphatic heterocycles. The number of nitrogens with zero attached hydrogens (tertiary/aromatic N) is 3. The summed E-state index contributed by atoms with van der Waals surface area (Å²) in [6.07, 6.45) is 6.59. The number of rotatable bonds is 7. The predicted molar refractivity (Wildman–Crippen MR) is 138 cm³/mol. The molecule has 2 fully saturated rings. The molecule has 1 atom stereocenters. The van der Waals surface area contributed by atoms with Crippen LogP contribution in [-0.2, 0) is 4.79 Å². The fraction of sp³-hybridized carbons (Fsp3) is 0.407. The summed E-state index contributed by atoms with van der Waals surface area (Å²) in [5, 5.41) is 12.9. The number of benzene rings is 2. The van der Waals surface area contributed by atoms with Gasteiger partial charge in [0.1, 0.15) is 17.2 Å². The van der Waals surface area contributed by atoms with Gasteiger partial charge in [0.15, 0.2) is 5.84 Å². The number of aliphatic imine (C=N–C) groups is 1. The first kappa shape index (κ1) is 25.2. The van der Waals surface area contributed by atoms with E-state index in [0.29, 0.717) is 22.8 Å². The van der Waals surface area contributed by atoms with Crippen LogP contribution in [0.4, 0.5) is 4.39 Å². The van der Waals surface area contributed by atoms with Crippen molar-refractivity contribution in [3.05, 3.63) is 70.0 Å². The summed E-state index contributed by atoms with van der Waals surface area (Å²) < 4.78 is 13.8. The van der Waals surface area contributed by atoms with Gasteiger partial charge in [-0.3, -0.25) is 20.0 Å². The monoisotopic (exact) mass is 522 g/mol. The number of nitrogens with one attached hydrogen (secondary N) is 3. The van der Waals surface area contributed by atoms with E-state index in [1.165, 1.54) is 12.1 Å². The van der Waals surface area contributed by atoms with E-state index in [1.807, 2.05) is 17.0 Å². The highest BCUT2D eigenvalue weighted by Crippen LogP contribution is 2.52. The Hall–Kier alpha value is -3.46. The lowest BCUT2D eigenvalue weighted by Crippen LogP contribution is -2.50. The molecule has 37 heavy (non-hydrogen) atoms. The van der Waals surface area contributed by atoms with Gasteiger partial charge in [0, 0.05) is 11.1 Å². The zero-order valence-corrected chi connectivity index (χ0v) is 21.0. The minimum atomic E-state index is -0.644. The van der Waals surface area contributed by atoms with Crippen LogP contribution < -0.4 is 5.32 Å². The van der Waals surface area contributed by atoms with E-state index in [9.17, 15) is 14.0 Å². The Kier molecular flexibility index (Phi) is 6.90. The molecule has 10 heteroatoms. The second kappa shape index (κ2) is 10.1. The van der Waals surface area contributed by atoms with Gasteiger partial charge in [0.25, 0.3) is 11.8 Å². The highest BCUT2D eigenvalue weighted by Gasteiger charge is 2.53. The quantitative estimate of drug-likeness (QED) is 0.247. The largest absolute Gasteiger partial charge is 0.345 e. The Morgan fingerprint density at radius 1 is 1.19 bits per heavy atom. The number of amidine groups is 1. The highest BCUT2D eigenvalue weighted by molar-refractivity contribution is 6.47. The van der Waals surface area contributed by atoms with Crippen molar-refractivity contribution < 1.29 is 14.0 Å². The number of hydrogen-bond acceptors (Lipinski definition) is 5. The van der Waals surface area contributed by atoms with Gasteiger partial charge in [-0.15, -0.1) is 5.11 Å². The maximum atomic E-state index is 14.0. The molecule has 2 saturated carbocycles. The van der Waals surface area contributed by atoms with Gasteiger partial charge >= 0.3 is 0 Å². The topological polar surface area (TPSA) is 122 Å². The zero-order chi connectivity index (χ0) is 26.2. The average Bonchev–Trinajstić information content (AvgIpc) is 3.72.